The van der Waals surface area contributed by atoms with E-state index in [0.29, 0.717) is 12.0 Å². The van der Waals surface area contributed by atoms with Crippen LogP contribution in [0.2, 0.25) is 0 Å². The molecule has 1 rings (SSSR count). The molecule has 20 heavy (non-hydrogen) atoms. The van der Waals surface area contributed by atoms with Crippen molar-refractivity contribution in [3.8, 4) is 0 Å². The number of hydrogen-bond donors (Lipinski definition) is 2. The van der Waals surface area contributed by atoms with E-state index in [0.717, 1.165) is 37.6 Å². The topological polar surface area (TPSA) is 53.1 Å². The van der Waals surface area contributed by atoms with Gasteiger partial charge < -0.3 is 15.5 Å². The van der Waals surface area contributed by atoms with E-state index in [2.05, 4.69) is 60.4 Å². The van der Waals surface area contributed by atoms with E-state index in [1.807, 2.05) is 0 Å². The normalized spacial score (nSPS) is 12.8. The molecule has 5 nitrogen and oxygen atoms in total. The zero-order valence-corrected chi connectivity index (χ0v) is 13.5. The Hall–Kier alpha value is -1.36. The molecule has 1 heterocycles. The van der Waals surface area contributed by atoms with Gasteiger partial charge in [0.2, 0.25) is 0 Å². The Bertz CT molecular complexity index is 368. The zero-order valence-electron chi connectivity index (χ0n) is 13.5. The molecular weight excluding hydrogens is 250 g/mol. The number of likely N-dealkylation sites (N-methyl/N-ethyl adjacent to an activating group) is 1. The van der Waals surface area contributed by atoms with Crippen LogP contribution in [0.4, 0.5) is 11.6 Å². The summed E-state index contributed by atoms with van der Waals surface area (Å²) in [5, 5.41) is 6.77. The summed E-state index contributed by atoms with van der Waals surface area (Å²) in [4.78, 5) is 11.0. The highest BCUT2D eigenvalue weighted by Gasteiger charge is 2.13. The van der Waals surface area contributed by atoms with Crippen molar-refractivity contribution in [3.05, 3.63) is 12.4 Å². The van der Waals surface area contributed by atoms with Crippen molar-refractivity contribution in [2.45, 2.75) is 39.7 Å². The van der Waals surface area contributed by atoms with Crippen LogP contribution in [-0.2, 0) is 0 Å². The maximum atomic E-state index is 4.56. The quantitative estimate of drug-likeness (QED) is 0.728. The number of aromatic nitrogens is 2. The monoisotopic (exact) mass is 279 g/mol. The zero-order chi connectivity index (χ0) is 15.0. The Morgan fingerprint density at radius 3 is 2.50 bits per heavy atom. The lowest BCUT2D eigenvalue weighted by Crippen LogP contribution is -2.33. The first-order chi connectivity index (χ1) is 9.51. The molecule has 5 heteroatoms. The van der Waals surface area contributed by atoms with Crippen LogP contribution in [0.3, 0.4) is 0 Å². The summed E-state index contributed by atoms with van der Waals surface area (Å²) in [6.07, 6.45) is 5.76. The maximum Gasteiger partial charge on any atom is 0.147 e. The minimum absolute atomic E-state index is 0.390. The summed E-state index contributed by atoms with van der Waals surface area (Å²) in [6.45, 7) is 8.54. The van der Waals surface area contributed by atoms with Crippen molar-refractivity contribution in [2.24, 2.45) is 5.92 Å². The first kappa shape index (κ1) is 16.7. The minimum atomic E-state index is 0.390. The van der Waals surface area contributed by atoms with Crippen LogP contribution >= 0.6 is 0 Å². The fraction of sp³-hybridized carbons (Fsp3) is 0.733. The van der Waals surface area contributed by atoms with Gasteiger partial charge in [-0.2, -0.15) is 0 Å². The van der Waals surface area contributed by atoms with Gasteiger partial charge in [0.15, 0.2) is 0 Å². The molecule has 0 radical (unpaired) electrons. The Morgan fingerprint density at radius 2 is 1.90 bits per heavy atom. The van der Waals surface area contributed by atoms with Crippen LogP contribution in [-0.4, -0.2) is 48.1 Å². The fourth-order valence-corrected chi connectivity index (χ4v) is 2.17. The third-order valence-corrected chi connectivity index (χ3v) is 2.88. The van der Waals surface area contributed by atoms with Crippen molar-refractivity contribution in [2.75, 3.05) is 37.8 Å². The van der Waals surface area contributed by atoms with Gasteiger partial charge in [-0.05, 0) is 32.9 Å². The highest BCUT2D eigenvalue weighted by molar-refractivity contribution is 5.42. The van der Waals surface area contributed by atoms with Crippen molar-refractivity contribution < 1.29 is 0 Å². The van der Waals surface area contributed by atoms with E-state index >= 15 is 0 Å². The fourth-order valence-electron chi connectivity index (χ4n) is 2.17. The molecule has 0 bridgehead atoms. The van der Waals surface area contributed by atoms with Crippen molar-refractivity contribution >= 4 is 11.6 Å². The Morgan fingerprint density at radius 1 is 1.20 bits per heavy atom. The Kier molecular flexibility index (Phi) is 7.30. The Balaban J connectivity index is 2.66. The van der Waals surface area contributed by atoms with E-state index in [-0.39, 0.29) is 0 Å². The molecule has 0 fully saturated rings. The third kappa shape index (κ3) is 6.70. The lowest BCUT2D eigenvalue weighted by molar-refractivity contribution is 0.356. The molecule has 0 saturated heterocycles. The molecule has 0 aliphatic heterocycles. The van der Waals surface area contributed by atoms with Gasteiger partial charge in [0.05, 0.1) is 12.4 Å². The predicted molar refractivity (Wildman–Crippen MR) is 86.2 cm³/mol. The van der Waals surface area contributed by atoms with Crippen molar-refractivity contribution in [1.29, 1.82) is 0 Å². The second kappa shape index (κ2) is 8.74. The average molecular weight is 279 g/mol. The summed E-state index contributed by atoms with van der Waals surface area (Å²) in [6, 6.07) is 0.390. The second-order valence-corrected chi connectivity index (χ2v) is 5.95. The van der Waals surface area contributed by atoms with Crippen LogP contribution in [0, 0.1) is 5.92 Å². The predicted octanol–water partition coefficient (Wildman–Crippen LogP) is 2.69. The standard InChI is InChI=1S/C15H29N5/c1-6-7-17-14-9-16-10-15(19-14)18-13(8-12(2)3)11-20(4)5/h9-10,12-13H,6-8,11H2,1-5H3,(H2,17,18,19). The molecular formula is C15H29N5. The van der Waals surface area contributed by atoms with Gasteiger partial charge in [-0.25, -0.2) is 4.98 Å². The van der Waals surface area contributed by atoms with Crippen LogP contribution in [0.5, 0.6) is 0 Å². The number of anilines is 2. The molecule has 2 N–H and O–H groups in total. The van der Waals surface area contributed by atoms with Gasteiger partial charge in [0, 0.05) is 19.1 Å². The van der Waals surface area contributed by atoms with E-state index in [1.54, 1.807) is 12.4 Å². The molecule has 0 saturated carbocycles. The summed E-state index contributed by atoms with van der Waals surface area (Å²) in [5.74, 6) is 2.34. The van der Waals surface area contributed by atoms with Crippen molar-refractivity contribution in [1.82, 2.24) is 14.9 Å². The molecule has 0 aromatic carbocycles. The number of hydrogen-bond acceptors (Lipinski definition) is 5. The first-order valence-electron chi connectivity index (χ1n) is 7.48. The van der Waals surface area contributed by atoms with Gasteiger partial charge in [0.25, 0.3) is 0 Å². The average Bonchev–Trinajstić information content (AvgIpc) is 2.35. The van der Waals surface area contributed by atoms with E-state index in [9.17, 15) is 0 Å². The number of rotatable bonds is 9. The van der Waals surface area contributed by atoms with Crippen LogP contribution in [0.1, 0.15) is 33.6 Å². The van der Waals surface area contributed by atoms with Gasteiger partial charge in [-0.1, -0.05) is 20.8 Å². The van der Waals surface area contributed by atoms with Gasteiger partial charge in [-0.3, -0.25) is 4.98 Å². The van der Waals surface area contributed by atoms with Crippen LogP contribution in [0.25, 0.3) is 0 Å². The third-order valence-electron chi connectivity index (χ3n) is 2.88. The highest BCUT2D eigenvalue weighted by atomic mass is 15.1. The summed E-state index contributed by atoms with van der Waals surface area (Å²) in [7, 11) is 4.19. The summed E-state index contributed by atoms with van der Waals surface area (Å²) < 4.78 is 0. The molecule has 114 valence electrons. The molecule has 1 aromatic heterocycles. The molecule has 0 aliphatic carbocycles. The van der Waals surface area contributed by atoms with Gasteiger partial charge in [-0.15, -0.1) is 0 Å². The van der Waals surface area contributed by atoms with E-state index in [4.69, 9.17) is 0 Å². The highest BCUT2D eigenvalue weighted by Crippen LogP contribution is 2.13. The lowest BCUT2D eigenvalue weighted by Gasteiger charge is -2.24. The van der Waals surface area contributed by atoms with Gasteiger partial charge >= 0.3 is 0 Å². The minimum Gasteiger partial charge on any atom is -0.369 e. The second-order valence-electron chi connectivity index (χ2n) is 5.95. The van der Waals surface area contributed by atoms with E-state index < -0.39 is 0 Å². The molecule has 0 spiro atoms. The summed E-state index contributed by atoms with van der Waals surface area (Å²) >= 11 is 0. The molecule has 1 atom stereocenters. The molecule has 0 amide bonds. The van der Waals surface area contributed by atoms with Crippen LogP contribution < -0.4 is 10.6 Å². The molecule has 0 aliphatic rings. The SMILES string of the molecule is CCCNc1cncc(NC(CC(C)C)CN(C)C)n1. The van der Waals surface area contributed by atoms with Crippen molar-refractivity contribution in [3.63, 3.8) is 0 Å². The smallest absolute Gasteiger partial charge is 0.147 e. The molecule has 1 aromatic rings. The first-order valence-corrected chi connectivity index (χ1v) is 7.48. The maximum absolute atomic E-state index is 4.56. The van der Waals surface area contributed by atoms with Crippen LogP contribution in [0.15, 0.2) is 12.4 Å². The Labute approximate surface area is 123 Å². The largest absolute Gasteiger partial charge is 0.369 e. The lowest BCUT2D eigenvalue weighted by atomic mass is 10.0. The van der Waals surface area contributed by atoms with Gasteiger partial charge in [0.1, 0.15) is 11.6 Å². The molecule has 1 unspecified atom stereocenters. The number of nitrogens with zero attached hydrogens (tertiary/aromatic N) is 3. The summed E-state index contributed by atoms with van der Waals surface area (Å²) in [5.41, 5.74) is 0. The van der Waals surface area contributed by atoms with E-state index in [1.165, 1.54) is 0 Å². The number of nitrogens with one attached hydrogen (secondary N) is 2.